The number of halogens is 1. The number of anilines is 1. The van der Waals surface area contributed by atoms with Crippen LogP contribution >= 0.6 is 11.6 Å². The number of fused-ring (bicyclic) bond motifs is 1. The highest BCUT2D eigenvalue weighted by atomic mass is 35.5. The van der Waals surface area contributed by atoms with Crippen LogP contribution < -0.4 is 16.2 Å². The fraction of sp³-hybridized carbons (Fsp3) is 0.235. The molecule has 8 nitrogen and oxygen atoms in total. The Bertz CT molecular complexity index is 1000. The zero-order valence-electron chi connectivity index (χ0n) is 14.1. The highest BCUT2D eigenvalue weighted by Crippen LogP contribution is 2.13. The average molecular weight is 373 g/mol. The summed E-state index contributed by atoms with van der Waals surface area (Å²) < 4.78 is 1.46. The van der Waals surface area contributed by atoms with Crippen LogP contribution in [-0.4, -0.2) is 32.0 Å². The Morgan fingerprint density at radius 2 is 2.12 bits per heavy atom. The van der Waals surface area contributed by atoms with E-state index in [4.69, 9.17) is 11.6 Å². The fourth-order valence-electron chi connectivity index (χ4n) is 2.43. The summed E-state index contributed by atoms with van der Waals surface area (Å²) in [6.45, 7) is 2.53. The Morgan fingerprint density at radius 3 is 2.88 bits per heavy atom. The topological polar surface area (TPSA) is 102 Å². The van der Waals surface area contributed by atoms with Gasteiger partial charge in [-0.15, -0.1) is 0 Å². The zero-order valence-corrected chi connectivity index (χ0v) is 14.8. The SMILES string of the molecule is CC(=O)NCCn1c(=O)cnc2cnc(NCc3cccc(Cl)c3)nc21. The summed E-state index contributed by atoms with van der Waals surface area (Å²) in [4.78, 5) is 35.8. The van der Waals surface area contributed by atoms with E-state index in [1.807, 2.05) is 18.2 Å². The van der Waals surface area contributed by atoms with Crippen molar-refractivity contribution >= 4 is 34.6 Å². The van der Waals surface area contributed by atoms with Crippen molar-refractivity contribution in [2.75, 3.05) is 11.9 Å². The van der Waals surface area contributed by atoms with Crippen LogP contribution in [0.4, 0.5) is 5.95 Å². The number of amides is 1. The van der Waals surface area contributed by atoms with E-state index in [1.54, 1.807) is 12.3 Å². The van der Waals surface area contributed by atoms with Crippen LogP contribution in [0.15, 0.2) is 41.5 Å². The van der Waals surface area contributed by atoms with E-state index in [2.05, 4.69) is 25.6 Å². The molecule has 0 aliphatic carbocycles. The number of rotatable bonds is 6. The molecule has 0 radical (unpaired) electrons. The second kappa shape index (κ2) is 7.92. The number of benzene rings is 1. The first-order valence-corrected chi connectivity index (χ1v) is 8.36. The molecular weight excluding hydrogens is 356 g/mol. The maximum Gasteiger partial charge on any atom is 0.270 e. The number of aromatic nitrogens is 4. The van der Waals surface area contributed by atoms with E-state index in [0.29, 0.717) is 41.8 Å². The minimum atomic E-state index is -0.289. The normalized spacial score (nSPS) is 10.7. The van der Waals surface area contributed by atoms with Crippen molar-refractivity contribution in [3.63, 3.8) is 0 Å². The molecule has 0 unspecified atom stereocenters. The van der Waals surface area contributed by atoms with Gasteiger partial charge in [0.15, 0.2) is 5.65 Å². The van der Waals surface area contributed by atoms with Gasteiger partial charge in [-0.3, -0.25) is 14.2 Å². The highest BCUT2D eigenvalue weighted by Gasteiger charge is 2.08. The summed E-state index contributed by atoms with van der Waals surface area (Å²) in [6.07, 6.45) is 2.77. The lowest BCUT2D eigenvalue weighted by Crippen LogP contribution is -2.30. The third kappa shape index (κ3) is 4.34. The summed E-state index contributed by atoms with van der Waals surface area (Å²) in [5.74, 6) is 0.216. The zero-order chi connectivity index (χ0) is 18.5. The summed E-state index contributed by atoms with van der Waals surface area (Å²) >= 11 is 5.98. The van der Waals surface area contributed by atoms with E-state index >= 15 is 0 Å². The molecule has 2 N–H and O–H groups in total. The number of nitrogens with one attached hydrogen (secondary N) is 2. The molecule has 0 aliphatic heterocycles. The molecular formula is C17H17ClN6O2. The van der Waals surface area contributed by atoms with Gasteiger partial charge in [0.05, 0.1) is 12.4 Å². The van der Waals surface area contributed by atoms with E-state index < -0.39 is 0 Å². The lowest BCUT2D eigenvalue weighted by atomic mass is 10.2. The predicted molar refractivity (Wildman–Crippen MR) is 99.1 cm³/mol. The first-order chi connectivity index (χ1) is 12.5. The molecule has 0 saturated carbocycles. The van der Waals surface area contributed by atoms with E-state index in [9.17, 15) is 9.59 Å². The molecule has 0 atom stereocenters. The fourth-order valence-corrected chi connectivity index (χ4v) is 2.64. The Labute approximate surface area is 154 Å². The number of hydrogen-bond acceptors (Lipinski definition) is 6. The molecule has 0 spiro atoms. The van der Waals surface area contributed by atoms with Crippen LogP contribution in [0.25, 0.3) is 11.2 Å². The molecule has 3 rings (SSSR count). The van der Waals surface area contributed by atoms with Crippen molar-refractivity contribution in [3.8, 4) is 0 Å². The van der Waals surface area contributed by atoms with Crippen LogP contribution in [0.5, 0.6) is 0 Å². The highest BCUT2D eigenvalue weighted by molar-refractivity contribution is 6.30. The summed E-state index contributed by atoms with van der Waals surface area (Å²) in [6, 6.07) is 7.45. The lowest BCUT2D eigenvalue weighted by molar-refractivity contribution is -0.118. The molecule has 3 aromatic rings. The second-order valence-electron chi connectivity index (χ2n) is 5.62. The molecule has 134 valence electrons. The number of carbonyl (C=O) groups is 1. The van der Waals surface area contributed by atoms with Crippen LogP contribution in [0.1, 0.15) is 12.5 Å². The molecule has 9 heteroatoms. The van der Waals surface area contributed by atoms with Gasteiger partial charge in [-0.1, -0.05) is 23.7 Å². The predicted octanol–water partition coefficient (Wildman–Crippen LogP) is 1.59. The van der Waals surface area contributed by atoms with Gasteiger partial charge in [0.1, 0.15) is 5.52 Å². The van der Waals surface area contributed by atoms with Crippen LogP contribution in [0, 0.1) is 0 Å². The Morgan fingerprint density at radius 1 is 1.27 bits per heavy atom. The molecule has 1 amide bonds. The van der Waals surface area contributed by atoms with E-state index in [-0.39, 0.29) is 11.5 Å². The largest absolute Gasteiger partial charge is 0.355 e. The summed E-state index contributed by atoms with van der Waals surface area (Å²) in [7, 11) is 0. The van der Waals surface area contributed by atoms with Crippen molar-refractivity contribution in [3.05, 3.63) is 57.6 Å². The first kappa shape index (κ1) is 17.8. The van der Waals surface area contributed by atoms with E-state index in [1.165, 1.54) is 17.7 Å². The van der Waals surface area contributed by atoms with Gasteiger partial charge in [-0.2, -0.15) is 4.98 Å². The number of nitrogens with zero attached hydrogens (tertiary/aromatic N) is 4. The smallest absolute Gasteiger partial charge is 0.270 e. The van der Waals surface area contributed by atoms with Gasteiger partial charge in [-0.25, -0.2) is 9.97 Å². The van der Waals surface area contributed by atoms with Gasteiger partial charge < -0.3 is 10.6 Å². The standard InChI is InChI=1S/C17H17ClN6O2/c1-11(25)19-5-6-24-15(26)10-20-14-9-22-17(23-16(14)24)21-8-12-3-2-4-13(18)7-12/h2-4,7,9-10H,5-6,8H2,1H3,(H,19,25)(H,21,22,23). The Balaban J connectivity index is 1.83. The quantitative estimate of drug-likeness (QED) is 0.681. The molecule has 0 bridgehead atoms. The van der Waals surface area contributed by atoms with Crippen molar-refractivity contribution in [1.29, 1.82) is 0 Å². The third-order valence-electron chi connectivity index (χ3n) is 3.63. The molecule has 0 aliphatic rings. The average Bonchev–Trinajstić information content (AvgIpc) is 2.61. The molecule has 1 aromatic carbocycles. The maximum atomic E-state index is 12.1. The van der Waals surface area contributed by atoms with Crippen LogP contribution in [0.2, 0.25) is 5.02 Å². The monoisotopic (exact) mass is 372 g/mol. The minimum absolute atomic E-state index is 0.157. The van der Waals surface area contributed by atoms with Crippen molar-refractivity contribution in [2.24, 2.45) is 0 Å². The third-order valence-corrected chi connectivity index (χ3v) is 3.87. The van der Waals surface area contributed by atoms with Gasteiger partial charge in [-0.05, 0) is 17.7 Å². The van der Waals surface area contributed by atoms with Gasteiger partial charge >= 0.3 is 0 Å². The molecule has 0 saturated heterocycles. The second-order valence-corrected chi connectivity index (χ2v) is 6.05. The van der Waals surface area contributed by atoms with Crippen LogP contribution in [-0.2, 0) is 17.9 Å². The van der Waals surface area contributed by atoms with Crippen molar-refractivity contribution in [2.45, 2.75) is 20.0 Å². The van der Waals surface area contributed by atoms with Crippen molar-refractivity contribution in [1.82, 2.24) is 24.8 Å². The number of carbonyl (C=O) groups excluding carboxylic acids is 1. The first-order valence-electron chi connectivity index (χ1n) is 7.98. The van der Waals surface area contributed by atoms with Crippen LogP contribution in [0.3, 0.4) is 0 Å². The maximum absolute atomic E-state index is 12.1. The molecule has 2 aromatic heterocycles. The molecule has 0 fully saturated rings. The Hall–Kier alpha value is -3.00. The Kier molecular flexibility index (Phi) is 5.43. The molecule has 26 heavy (non-hydrogen) atoms. The van der Waals surface area contributed by atoms with E-state index in [0.717, 1.165) is 5.56 Å². The molecule has 2 heterocycles. The summed E-state index contributed by atoms with van der Waals surface area (Å²) in [5, 5.41) is 6.42. The van der Waals surface area contributed by atoms with Gasteiger partial charge in [0.2, 0.25) is 11.9 Å². The van der Waals surface area contributed by atoms with Gasteiger partial charge in [0, 0.05) is 31.6 Å². The van der Waals surface area contributed by atoms with Gasteiger partial charge in [0.25, 0.3) is 5.56 Å². The summed E-state index contributed by atoms with van der Waals surface area (Å²) in [5.41, 5.74) is 1.60. The minimum Gasteiger partial charge on any atom is -0.355 e. The van der Waals surface area contributed by atoms with Crippen molar-refractivity contribution < 1.29 is 4.79 Å². The lowest BCUT2D eigenvalue weighted by Gasteiger charge is -2.10. The number of hydrogen-bond donors (Lipinski definition) is 2.